The van der Waals surface area contributed by atoms with Crippen LogP contribution in [0, 0.1) is 6.92 Å². The Bertz CT molecular complexity index is 1020. The molecule has 0 spiro atoms. The summed E-state index contributed by atoms with van der Waals surface area (Å²) in [4.78, 5) is 30.2. The summed E-state index contributed by atoms with van der Waals surface area (Å²) in [6, 6.07) is 3.11. The molecular weight excluding hydrogens is 415 g/mol. The van der Waals surface area contributed by atoms with Gasteiger partial charge in [0.05, 0.1) is 25.6 Å². The lowest BCUT2D eigenvalue weighted by Gasteiger charge is -2.30. The number of amides is 2. The van der Waals surface area contributed by atoms with Gasteiger partial charge in [-0.1, -0.05) is 0 Å². The average molecular weight is 439 g/mol. The highest BCUT2D eigenvalue weighted by Crippen LogP contribution is 2.37. The van der Waals surface area contributed by atoms with Gasteiger partial charge >= 0.3 is 6.09 Å². The summed E-state index contributed by atoms with van der Waals surface area (Å²) in [5.74, 6) is 0.0000627. The fourth-order valence-corrected chi connectivity index (χ4v) is 3.51. The van der Waals surface area contributed by atoms with Crippen LogP contribution in [0.2, 0.25) is 5.22 Å². The van der Waals surface area contributed by atoms with Crippen molar-refractivity contribution in [1.82, 2.24) is 4.90 Å². The van der Waals surface area contributed by atoms with Crippen LogP contribution in [0.5, 0.6) is 5.75 Å². The molecule has 0 aliphatic carbocycles. The van der Waals surface area contributed by atoms with Gasteiger partial charge < -0.3 is 18.8 Å². The molecule has 1 aromatic carbocycles. The van der Waals surface area contributed by atoms with Crippen LogP contribution in [0.15, 0.2) is 21.5 Å². The Hall–Kier alpha value is -2.61. The number of aliphatic imine (C=N–C) groups is 1. The molecule has 2 heterocycles. The van der Waals surface area contributed by atoms with Crippen molar-refractivity contribution in [2.45, 2.75) is 45.9 Å². The minimum Gasteiger partial charge on any atom is -0.496 e. The van der Waals surface area contributed by atoms with E-state index in [0.29, 0.717) is 22.3 Å². The van der Waals surface area contributed by atoms with Gasteiger partial charge in [-0.15, -0.1) is 0 Å². The number of fused-ring (bicyclic) bond motifs is 1. The Balaban J connectivity index is 1.88. The first kappa shape index (κ1) is 22.1. The maximum Gasteiger partial charge on any atom is 0.434 e. The van der Waals surface area contributed by atoms with E-state index in [1.165, 1.54) is 12.0 Å². The van der Waals surface area contributed by atoms with Crippen molar-refractivity contribution in [2.24, 2.45) is 4.99 Å². The second-order valence-electron chi connectivity index (χ2n) is 8.20. The molecule has 1 aliphatic heterocycles. The smallest absolute Gasteiger partial charge is 0.434 e. The van der Waals surface area contributed by atoms with E-state index < -0.39 is 23.8 Å². The molecule has 2 aromatic rings. The van der Waals surface area contributed by atoms with Gasteiger partial charge in [-0.05, 0) is 51.4 Å². The third-order valence-corrected chi connectivity index (χ3v) is 4.94. The van der Waals surface area contributed by atoms with Gasteiger partial charge in [0.2, 0.25) is 0 Å². The van der Waals surface area contributed by atoms with E-state index in [0.717, 1.165) is 0 Å². The second-order valence-corrected chi connectivity index (χ2v) is 8.54. The number of benzene rings is 1. The molecule has 1 aromatic heterocycles. The molecule has 162 valence electrons. The van der Waals surface area contributed by atoms with Crippen LogP contribution < -0.4 is 4.74 Å². The number of nitrogens with zero attached hydrogens (tertiary/aromatic N) is 2. The van der Waals surface area contributed by atoms with Crippen molar-refractivity contribution >= 4 is 40.3 Å². The first-order valence-electron chi connectivity index (χ1n) is 9.48. The van der Waals surface area contributed by atoms with Gasteiger partial charge in [0.1, 0.15) is 23.1 Å². The molecule has 0 bridgehead atoms. The Kier molecular flexibility index (Phi) is 6.08. The van der Waals surface area contributed by atoms with Crippen LogP contribution in [0.1, 0.15) is 43.1 Å². The monoisotopic (exact) mass is 438 g/mol. The quantitative estimate of drug-likeness (QED) is 0.661. The number of aryl methyl sites for hydroxylation is 1. The second kappa shape index (κ2) is 8.26. The number of carbonyl (C=O) groups is 2. The highest BCUT2D eigenvalue weighted by Gasteiger charge is 2.30. The van der Waals surface area contributed by atoms with Crippen molar-refractivity contribution in [3.05, 3.63) is 28.5 Å². The number of furan rings is 1. The Labute approximate surface area is 178 Å². The summed E-state index contributed by atoms with van der Waals surface area (Å²) in [6.45, 7) is 6.85. The summed E-state index contributed by atoms with van der Waals surface area (Å²) in [6.07, 6.45) is -2.17. The Morgan fingerprint density at radius 2 is 2.03 bits per heavy atom. The van der Waals surface area contributed by atoms with Crippen molar-refractivity contribution in [2.75, 3.05) is 20.2 Å². The van der Waals surface area contributed by atoms with Crippen molar-refractivity contribution in [1.29, 1.82) is 0 Å². The number of hydrogen-bond acceptors (Lipinski definition) is 5. The van der Waals surface area contributed by atoms with Crippen LogP contribution in [-0.2, 0) is 4.74 Å². The summed E-state index contributed by atoms with van der Waals surface area (Å²) in [5.41, 5.74) is 0.902. The van der Waals surface area contributed by atoms with Crippen molar-refractivity contribution in [3.8, 4) is 5.75 Å². The Morgan fingerprint density at radius 1 is 1.33 bits per heavy atom. The predicted octanol–water partition coefficient (Wildman–Crippen LogP) is 4.96. The largest absolute Gasteiger partial charge is 0.496 e. The van der Waals surface area contributed by atoms with Crippen LogP contribution in [-0.4, -0.2) is 54.6 Å². The highest BCUT2D eigenvalue weighted by atomic mass is 35.5. The number of piperidine rings is 1. The number of carbonyl (C=O) groups excluding carboxylic acids is 2. The minimum absolute atomic E-state index is 0.0246. The zero-order valence-electron chi connectivity index (χ0n) is 17.5. The Morgan fingerprint density at radius 3 is 2.67 bits per heavy atom. The molecule has 0 N–H and O–H groups in total. The third kappa shape index (κ3) is 4.75. The van der Waals surface area contributed by atoms with E-state index in [1.54, 1.807) is 39.8 Å². The topological polar surface area (TPSA) is 81.3 Å². The first-order chi connectivity index (χ1) is 14.0. The molecule has 9 heteroatoms. The molecule has 1 saturated heterocycles. The number of rotatable bonds is 2. The lowest BCUT2D eigenvalue weighted by Crippen LogP contribution is -2.45. The van der Waals surface area contributed by atoms with Gasteiger partial charge in [-0.25, -0.2) is 9.18 Å². The summed E-state index contributed by atoms with van der Waals surface area (Å²) >= 11 is 6.07. The van der Waals surface area contributed by atoms with Gasteiger partial charge in [-0.3, -0.25) is 4.79 Å². The van der Waals surface area contributed by atoms with Crippen LogP contribution in [0.3, 0.4) is 0 Å². The lowest BCUT2D eigenvalue weighted by atomic mass is 10.0. The molecule has 0 radical (unpaired) electrons. The standard InChI is InChI=1S/C21H24ClFN2O5/c1-11-17-15(28-5)6-12(7-16(17)29-18(11)22)19(26)25-9-13(23)8-14(10-25)24-20(27)30-21(2,3)4/h6-7,13H,8-10H2,1-5H3/b24-14-/t13-/m1/s1. The summed E-state index contributed by atoms with van der Waals surface area (Å²) in [5, 5.41) is 0.884. The molecule has 1 atom stereocenters. The summed E-state index contributed by atoms with van der Waals surface area (Å²) < 4.78 is 30.4. The third-order valence-electron chi connectivity index (χ3n) is 4.58. The number of halogens is 2. The van der Waals surface area contributed by atoms with Gasteiger partial charge in [-0.2, -0.15) is 4.99 Å². The van der Waals surface area contributed by atoms with Gasteiger partial charge in [0, 0.05) is 23.3 Å². The molecule has 1 fully saturated rings. The molecule has 3 rings (SSSR count). The molecule has 30 heavy (non-hydrogen) atoms. The van der Waals surface area contributed by atoms with Gasteiger partial charge in [0.15, 0.2) is 5.22 Å². The molecule has 0 unspecified atom stereocenters. The van der Waals surface area contributed by atoms with Crippen LogP contribution in [0.4, 0.5) is 9.18 Å². The summed E-state index contributed by atoms with van der Waals surface area (Å²) in [7, 11) is 1.48. The van der Waals surface area contributed by atoms with E-state index >= 15 is 0 Å². The lowest BCUT2D eigenvalue weighted by molar-refractivity contribution is 0.0595. The van der Waals surface area contributed by atoms with Crippen LogP contribution in [0.25, 0.3) is 11.0 Å². The maximum atomic E-state index is 14.3. The van der Waals surface area contributed by atoms with Crippen LogP contribution >= 0.6 is 11.6 Å². The highest BCUT2D eigenvalue weighted by molar-refractivity contribution is 6.31. The number of likely N-dealkylation sites (tertiary alicyclic amines) is 1. The SMILES string of the molecule is COc1cc(C(=O)N2C/C(=N\C(=O)OC(C)(C)C)C[C@@H](F)C2)cc2oc(Cl)c(C)c12. The van der Waals surface area contributed by atoms with E-state index in [-0.39, 0.29) is 36.0 Å². The average Bonchev–Trinajstić information content (AvgIpc) is 2.92. The first-order valence-corrected chi connectivity index (χ1v) is 9.85. The molecule has 7 nitrogen and oxygen atoms in total. The predicted molar refractivity (Wildman–Crippen MR) is 112 cm³/mol. The van der Waals surface area contributed by atoms with E-state index in [1.807, 2.05) is 0 Å². The van der Waals surface area contributed by atoms with E-state index in [2.05, 4.69) is 4.99 Å². The minimum atomic E-state index is -1.34. The molecule has 2 amide bonds. The van der Waals surface area contributed by atoms with Crippen molar-refractivity contribution < 1.29 is 27.9 Å². The van der Waals surface area contributed by atoms with Gasteiger partial charge in [0.25, 0.3) is 5.91 Å². The molecular formula is C21H24ClFN2O5. The fraction of sp³-hybridized carbons (Fsp3) is 0.476. The van der Waals surface area contributed by atoms with Crippen molar-refractivity contribution in [3.63, 3.8) is 0 Å². The van der Waals surface area contributed by atoms with E-state index in [4.69, 9.17) is 25.5 Å². The number of hydrogen-bond donors (Lipinski definition) is 0. The normalized spacial score (nSPS) is 18.7. The number of ether oxygens (including phenoxy) is 2. The number of alkyl halides is 1. The van der Waals surface area contributed by atoms with E-state index in [9.17, 15) is 14.0 Å². The fourth-order valence-electron chi connectivity index (χ4n) is 3.34. The maximum absolute atomic E-state index is 14.3. The molecule has 1 aliphatic rings. The molecule has 0 saturated carbocycles. The number of methoxy groups -OCH3 is 1. The zero-order chi connectivity index (χ0) is 22.2. The zero-order valence-corrected chi connectivity index (χ0v) is 18.3.